The van der Waals surface area contributed by atoms with Crippen LogP contribution in [0.4, 0.5) is 11.6 Å². The molecule has 0 atom stereocenters. The van der Waals surface area contributed by atoms with Crippen LogP contribution in [-0.2, 0) is 0 Å². The molecule has 0 radical (unpaired) electrons. The van der Waals surface area contributed by atoms with Gasteiger partial charge in [0.1, 0.15) is 11.6 Å². The van der Waals surface area contributed by atoms with Crippen molar-refractivity contribution in [1.82, 2.24) is 15.2 Å². The van der Waals surface area contributed by atoms with Crippen molar-refractivity contribution in [3.8, 4) is 0 Å². The Morgan fingerprint density at radius 1 is 1.03 bits per heavy atom. The van der Waals surface area contributed by atoms with Gasteiger partial charge in [0.15, 0.2) is 0 Å². The number of amides is 1. The van der Waals surface area contributed by atoms with Gasteiger partial charge in [-0.1, -0.05) is 68.6 Å². The maximum atomic E-state index is 12.5. The number of carbonyl (C=O) groups excluding carboxylic acids is 1. The molecule has 0 aliphatic carbocycles. The van der Waals surface area contributed by atoms with Crippen molar-refractivity contribution >= 4 is 29.5 Å². The van der Waals surface area contributed by atoms with Crippen molar-refractivity contribution in [3.63, 3.8) is 0 Å². The van der Waals surface area contributed by atoms with Crippen LogP contribution in [0.15, 0.2) is 42.5 Å². The molecule has 0 aliphatic heterocycles. The fourth-order valence-electron chi connectivity index (χ4n) is 3.21. The van der Waals surface area contributed by atoms with Gasteiger partial charge in [-0.15, -0.1) is 0 Å². The van der Waals surface area contributed by atoms with E-state index in [1.165, 1.54) is 5.56 Å². The second-order valence-corrected chi connectivity index (χ2v) is 8.75. The number of nitrogens with one attached hydrogen (secondary N) is 1. The predicted molar refractivity (Wildman–Crippen MR) is 147 cm³/mol. The number of aromatic nitrogens is 1. The van der Waals surface area contributed by atoms with E-state index in [2.05, 4.69) is 59.2 Å². The zero-order chi connectivity index (χ0) is 25.3. The molecule has 0 saturated carbocycles. The molecule has 34 heavy (non-hydrogen) atoms. The Hall–Kier alpha value is -2.29. The number of hydrogen-bond donors (Lipinski definition) is 2. The number of pyridine rings is 1. The summed E-state index contributed by atoms with van der Waals surface area (Å²) >= 11 is 1.60. The van der Waals surface area contributed by atoms with Gasteiger partial charge in [0.25, 0.3) is 5.91 Å². The first-order valence-electron chi connectivity index (χ1n) is 12.1. The molecule has 2 aromatic rings. The Bertz CT molecular complexity index is 818. The van der Waals surface area contributed by atoms with E-state index in [0.29, 0.717) is 5.56 Å². The molecule has 1 aromatic heterocycles. The van der Waals surface area contributed by atoms with Crippen molar-refractivity contribution in [2.45, 2.75) is 34.1 Å². The first kappa shape index (κ1) is 29.7. The smallest absolute Gasteiger partial charge is 0.251 e. The van der Waals surface area contributed by atoms with Gasteiger partial charge in [0, 0.05) is 45.0 Å². The second kappa shape index (κ2) is 17.2. The summed E-state index contributed by atoms with van der Waals surface area (Å²) in [5.41, 5.74) is 1.88. The zero-order valence-corrected chi connectivity index (χ0v) is 22.6. The maximum absolute atomic E-state index is 12.5. The topological polar surface area (TPSA) is 71.9 Å². The van der Waals surface area contributed by atoms with Crippen LogP contribution < -0.4 is 14.5 Å². The minimum atomic E-state index is -0.191. The molecule has 0 unspecified atom stereocenters. The standard InChI is InChI=1S/C19H35N5O2S.C7H8/c1-6-10-24(27-5)18-15-16(19(26)20-9-13-25)14-17(21-18)22(4)11-12-23(7-2)8-3;1-7-5-3-2-4-6-7/h14-15,25H,6-13H2,1-5H3,(H,20,26);2-6H,1H3. The summed E-state index contributed by atoms with van der Waals surface area (Å²) in [6.45, 7) is 13.4. The minimum absolute atomic E-state index is 0.0763. The van der Waals surface area contributed by atoms with Crippen LogP contribution in [-0.4, -0.2) is 80.1 Å². The van der Waals surface area contributed by atoms with Crippen molar-refractivity contribution in [3.05, 3.63) is 53.6 Å². The monoisotopic (exact) mass is 489 g/mol. The highest BCUT2D eigenvalue weighted by Gasteiger charge is 2.16. The fraction of sp³-hybridized carbons (Fsp3) is 0.538. The van der Waals surface area contributed by atoms with Crippen LogP contribution in [0.25, 0.3) is 0 Å². The van der Waals surface area contributed by atoms with E-state index in [0.717, 1.165) is 50.8 Å². The van der Waals surface area contributed by atoms with Gasteiger partial charge < -0.3 is 24.5 Å². The van der Waals surface area contributed by atoms with Crippen molar-refractivity contribution in [2.75, 3.05) is 68.4 Å². The highest BCUT2D eigenvalue weighted by atomic mass is 32.2. The average molecular weight is 490 g/mol. The Morgan fingerprint density at radius 2 is 1.68 bits per heavy atom. The number of aliphatic hydroxyl groups is 1. The third-order valence-corrected chi connectivity index (χ3v) is 6.15. The van der Waals surface area contributed by atoms with Gasteiger partial charge in [-0.25, -0.2) is 4.98 Å². The van der Waals surface area contributed by atoms with Crippen LogP contribution in [0.3, 0.4) is 0 Å². The Labute approximate surface area is 210 Å². The van der Waals surface area contributed by atoms with E-state index in [1.54, 1.807) is 11.9 Å². The van der Waals surface area contributed by atoms with Gasteiger partial charge in [0.05, 0.1) is 6.61 Å². The Kier molecular flexibility index (Phi) is 15.0. The number of anilines is 2. The lowest BCUT2D eigenvalue weighted by molar-refractivity contribution is 0.0944. The maximum Gasteiger partial charge on any atom is 0.251 e. The van der Waals surface area contributed by atoms with Crippen LogP contribution in [0.2, 0.25) is 0 Å². The summed E-state index contributed by atoms with van der Waals surface area (Å²) in [6, 6.07) is 13.9. The average Bonchev–Trinajstić information content (AvgIpc) is 2.86. The van der Waals surface area contributed by atoms with Gasteiger partial charge in [-0.05, 0) is 38.6 Å². The molecule has 2 N–H and O–H groups in total. The summed E-state index contributed by atoms with van der Waals surface area (Å²) in [5, 5.41) is 11.7. The number of hydrogen-bond acceptors (Lipinski definition) is 7. The number of benzene rings is 1. The number of likely N-dealkylation sites (N-methyl/N-ethyl adjacent to an activating group) is 2. The first-order valence-corrected chi connectivity index (χ1v) is 13.3. The molecular weight excluding hydrogens is 446 g/mol. The molecule has 0 bridgehead atoms. The molecule has 8 heteroatoms. The number of rotatable bonds is 13. The molecule has 1 aromatic carbocycles. The summed E-state index contributed by atoms with van der Waals surface area (Å²) in [6.07, 6.45) is 3.01. The zero-order valence-electron chi connectivity index (χ0n) is 21.8. The first-order chi connectivity index (χ1) is 16.4. The van der Waals surface area contributed by atoms with Crippen molar-refractivity contribution in [1.29, 1.82) is 0 Å². The van der Waals surface area contributed by atoms with Crippen molar-refractivity contribution < 1.29 is 9.90 Å². The largest absolute Gasteiger partial charge is 0.395 e. The summed E-state index contributed by atoms with van der Waals surface area (Å²) in [7, 11) is 2.01. The van der Waals surface area contributed by atoms with E-state index < -0.39 is 0 Å². The second-order valence-electron chi connectivity index (χ2n) is 7.94. The number of nitrogens with zero attached hydrogens (tertiary/aromatic N) is 4. The Morgan fingerprint density at radius 3 is 2.18 bits per heavy atom. The quantitative estimate of drug-likeness (QED) is 0.411. The molecule has 0 aliphatic rings. The van der Waals surface area contributed by atoms with E-state index >= 15 is 0 Å². The van der Waals surface area contributed by atoms with Crippen LogP contribution >= 0.6 is 11.9 Å². The lowest BCUT2D eigenvalue weighted by Gasteiger charge is -2.26. The van der Waals surface area contributed by atoms with E-state index in [-0.39, 0.29) is 19.1 Å². The number of carbonyl (C=O) groups is 1. The van der Waals surface area contributed by atoms with Crippen LogP contribution in [0.5, 0.6) is 0 Å². The summed E-state index contributed by atoms with van der Waals surface area (Å²) < 4.78 is 2.10. The fourth-order valence-corrected chi connectivity index (χ4v) is 3.86. The predicted octanol–water partition coefficient (Wildman–Crippen LogP) is 4.07. The minimum Gasteiger partial charge on any atom is -0.395 e. The SMILES string of the molecule is CCCN(SC)c1cc(C(=O)NCCO)cc(N(C)CCN(CC)CC)n1.Cc1ccccc1. The third-order valence-electron chi connectivity index (χ3n) is 5.34. The van der Waals surface area contributed by atoms with Crippen LogP contribution in [0.1, 0.15) is 43.1 Å². The number of aliphatic hydroxyl groups excluding tert-OH is 1. The highest BCUT2D eigenvalue weighted by molar-refractivity contribution is 7.99. The third kappa shape index (κ3) is 10.8. The lowest BCUT2D eigenvalue weighted by Crippen LogP contribution is -2.34. The highest BCUT2D eigenvalue weighted by Crippen LogP contribution is 2.24. The molecule has 1 amide bonds. The van der Waals surface area contributed by atoms with E-state index in [1.807, 2.05) is 43.6 Å². The van der Waals surface area contributed by atoms with Gasteiger partial charge in [0.2, 0.25) is 0 Å². The molecule has 1 heterocycles. The lowest BCUT2D eigenvalue weighted by atomic mass is 10.2. The summed E-state index contributed by atoms with van der Waals surface area (Å²) in [4.78, 5) is 21.7. The molecular formula is C26H43N5O2S. The molecule has 0 saturated heterocycles. The molecule has 0 fully saturated rings. The Balaban J connectivity index is 0.000000700. The summed E-state index contributed by atoms with van der Waals surface area (Å²) in [5.74, 6) is 1.37. The van der Waals surface area contributed by atoms with Crippen LogP contribution in [0, 0.1) is 6.92 Å². The van der Waals surface area contributed by atoms with Gasteiger partial charge >= 0.3 is 0 Å². The van der Waals surface area contributed by atoms with Crippen molar-refractivity contribution in [2.24, 2.45) is 0 Å². The van der Waals surface area contributed by atoms with E-state index in [9.17, 15) is 4.79 Å². The normalized spacial score (nSPS) is 10.5. The van der Waals surface area contributed by atoms with E-state index in [4.69, 9.17) is 10.1 Å². The molecule has 0 spiro atoms. The molecule has 190 valence electrons. The number of aryl methyl sites for hydroxylation is 1. The van der Waals surface area contributed by atoms with Gasteiger partial charge in [-0.3, -0.25) is 4.79 Å². The molecule has 2 rings (SSSR count). The molecule has 7 nitrogen and oxygen atoms in total. The van der Waals surface area contributed by atoms with Gasteiger partial charge in [-0.2, -0.15) is 0 Å².